The van der Waals surface area contributed by atoms with Gasteiger partial charge in [-0.15, -0.1) is 0 Å². The molecule has 1 aromatic rings. The van der Waals surface area contributed by atoms with E-state index in [9.17, 15) is 9.59 Å². The van der Waals surface area contributed by atoms with Gasteiger partial charge < -0.3 is 15.5 Å². The molecule has 2 amide bonds. The number of fused-ring (bicyclic) bond motifs is 3. The molecule has 5 heteroatoms. The van der Waals surface area contributed by atoms with Crippen LogP contribution in [0, 0.1) is 5.92 Å². The van der Waals surface area contributed by atoms with E-state index < -0.39 is 0 Å². The van der Waals surface area contributed by atoms with Crippen LogP contribution in [-0.2, 0) is 9.59 Å². The van der Waals surface area contributed by atoms with Crippen molar-refractivity contribution in [3.05, 3.63) is 24.3 Å². The van der Waals surface area contributed by atoms with Crippen LogP contribution < -0.4 is 15.5 Å². The molecule has 2 unspecified atom stereocenters. The van der Waals surface area contributed by atoms with Crippen LogP contribution in [0.4, 0.5) is 11.4 Å². The van der Waals surface area contributed by atoms with E-state index in [0.717, 1.165) is 11.4 Å². The summed E-state index contributed by atoms with van der Waals surface area (Å²) in [6.45, 7) is 4.44. The predicted molar refractivity (Wildman–Crippen MR) is 77.6 cm³/mol. The Labute approximate surface area is 118 Å². The second-order valence-electron chi connectivity index (χ2n) is 5.77. The maximum absolute atomic E-state index is 12.1. The van der Waals surface area contributed by atoms with Gasteiger partial charge in [0.15, 0.2) is 0 Å². The van der Waals surface area contributed by atoms with Crippen LogP contribution in [0.3, 0.4) is 0 Å². The van der Waals surface area contributed by atoms with Crippen molar-refractivity contribution in [2.45, 2.75) is 32.4 Å². The van der Waals surface area contributed by atoms with Crippen molar-refractivity contribution in [2.24, 2.45) is 5.92 Å². The van der Waals surface area contributed by atoms with E-state index in [1.54, 1.807) is 0 Å². The van der Waals surface area contributed by atoms with Crippen molar-refractivity contribution >= 4 is 23.2 Å². The summed E-state index contributed by atoms with van der Waals surface area (Å²) in [5.74, 6) is 0.0299. The predicted octanol–water partition coefficient (Wildman–Crippen LogP) is 1.36. The first-order chi connectivity index (χ1) is 9.56. The lowest BCUT2D eigenvalue weighted by Gasteiger charge is -2.32. The summed E-state index contributed by atoms with van der Waals surface area (Å²) in [4.78, 5) is 26.0. The topological polar surface area (TPSA) is 61.4 Å². The number of para-hydroxylation sites is 2. The van der Waals surface area contributed by atoms with Gasteiger partial charge in [0.1, 0.15) is 6.04 Å². The molecule has 0 aromatic heterocycles. The number of carbonyl (C=O) groups is 2. The molecule has 3 rings (SSSR count). The Hall–Kier alpha value is -2.04. The molecule has 5 nitrogen and oxygen atoms in total. The largest absolute Gasteiger partial charge is 0.356 e. The summed E-state index contributed by atoms with van der Waals surface area (Å²) in [5.41, 5.74) is 1.89. The first kappa shape index (κ1) is 13.0. The van der Waals surface area contributed by atoms with E-state index in [2.05, 4.69) is 15.5 Å². The molecule has 2 N–H and O–H groups in total. The van der Waals surface area contributed by atoms with Gasteiger partial charge in [0.25, 0.3) is 0 Å². The number of rotatable bonds is 2. The molecule has 2 heterocycles. The fourth-order valence-corrected chi connectivity index (χ4v) is 2.87. The minimum absolute atomic E-state index is 0.0185. The lowest BCUT2D eigenvalue weighted by Crippen LogP contribution is -2.44. The number of benzene rings is 1. The van der Waals surface area contributed by atoms with Gasteiger partial charge in [0.05, 0.1) is 11.4 Å². The number of hydrogen-bond acceptors (Lipinski definition) is 3. The lowest BCUT2D eigenvalue weighted by molar-refractivity contribution is -0.124. The molecule has 1 saturated heterocycles. The molecular formula is C15H19N3O2. The molecule has 0 saturated carbocycles. The summed E-state index contributed by atoms with van der Waals surface area (Å²) < 4.78 is 0. The summed E-state index contributed by atoms with van der Waals surface area (Å²) >= 11 is 0. The minimum Gasteiger partial charge on any atom is -0.356 e. The molecule has 0 spiro atoms. The third-order valence-corrected chi connectivity index (χ3v) is 3.95. The van der Waals surface area contributed by atoms with Gasteiger partial charge in [-0.25, -0.2) is 0 Å². The van der Waals surface area contributed by atoms with Crippen molar-refractivity contribution in [2.75, 3.05) is 16.8 Å². The third-order valence-electron chi connectivity index (χ3n) is 3.95. The van der Waals surface area contributed by atoms with Crippen molar-refractivity contribution in [3.63, 3.8) is 0 Å². The van der Waals surface area contributed by atoms with Crippen LogP contribution in [0.5, 0.6) is 0 Å². The maximum Gasteiger partial charge on any atom is 0.247 e. The monoisotopic (exact) mass is 273 g/mol. The highest BCUT2D eigenvalue weighted by atomic mass is 16.2. The van der Waals surface area contributed by atoms with Crippen LogP contribution in [-0.4, -0.2) is 30.4 Å². The molecule has 2 aliphatic rings. The summed E-state index contributed by atoms with van der Waals surface area (Å²) in [6.07, 6.45) is 0.665. The van der Waals surface area contributed by atoms with E-state index in [1.807, 2.05) is 38.1 Å². The smallest absolute Gasteiger partial charge is 0.247 e. The van der Waals surface area contributed by atoms with Gasteiger partial charge >= 0.3 is 0 Å². The van der Waals surface area contributed by atoms with Gasteiger partial charge in [-0.1, -0.05) is 26.0 Å². The molecule has 0 bridgehead atoms. The summed E-state index contributed by atoms with van der Waals surface area (Å²) in [7, 11) is 0. The number of carbonyl (C=O) groups excluding carboxylic acids is 2. The SMILES string of the molecule is CC(C)C(=O)NC1CC2C(=O)Nc3ccccc3N2C1. The lowest BCUT2D eigenvalue weighted by atomic mass is 10.1. The third kappa shape index (κ3) is 2.13. The average Bonchev–Trinajstić information content (AvgIpc) is 2.83. The Balaban J connectivity index is 1.80. The van der Waals surface area contributed by atoms with Gasteiger partial charge in [0, 0.05) is 18.5 Å². The van der Waals surface area contributed by atoms with E-state index in [1.165, 1.54) is 0 Å². The molecule has 106 valence electrons. The highest BCUT2D eigenvalue weighted by molar-refractivity contribution is 6.04. The van der Waals surface area contributed by atoms with Crippen LogP contribution >= 0.6 is 0 Å². The maximum atomic E-state index is 12.1. The van der Waals surface area contributed by atoms with E-state index in [0.29, 0.717) is 13.0 Å². The Bertz CT molecular complexity index is 556. The fourth-order valence-electron chi connectivity index (χ4n) is 2.87. The van der Waals surface area contributed by atoms with E-state index in [4.69, 9.17) is 0 Å². The Kier molecular flexibility index (Phi) is 3.12. The summed E-state index contributed by atoms with van der Waals surface area (Å²) in [5, 5.41) is 5.96. The van der Waals surface area contributed by atoms with E-state index >= 15 is 0 Å². The standard InChI is InChI=1S/C15H19N3O2/c1-9(2)14(19)16-10-7-13-15(20)17-11-5-3-4-6-12(11)18(13)8-10/h3-6,9-10,13H,7-8H2,1-2H3,(H,16,19)(H,17,20). The second-order valence-corrected chi connectivity index (χ2v) is 5.77. The highest BCUT2D eigenvalue weighted by Gasteiger charge is 2.41. The average molecular weight is 273 g/mol. The van der Waals surface area contributed by atoms with Crippen LogP contribution in [0.1, 0.15) is 20.3 Å². The number of nitrogens with zero attached hydrogens (tertiary/aromatic N) is 1. The minimum atomic E-state index is -0.178. The van der Waals surface area contributed by atoms with Gasteiger partial charge in [0.2, 0.25) is 11.8 Å². The summed E-state index contributed by atoms with van der Waals surface area (Å²) in [6, 6.07) is 7.65. The molecular weight excluding hydrogens is 254 g/mol. The van der Waals surface area contributed by atoms with Crippen LogP contribution in [0.2, 0.25) is 0 Å². The quantitative estimate of drug-likeness (QED) is 0.855. The van der Waals surface area contributed by atoms with Gasteiger partial charge in [-0.05, 0) is 18.6 Å². The Morgan fingerprint density at radius 2 is 2.15 bits per heavy atom. The molecule has 0 aliphatic carbocycles. The molecule has 2 atom stereocenters. The molecule has 0 radical (unpaired) electrons. The zero-order chi connectivity index (χ0) is 14.3. The Morgan fingerprint density at radius 3 is 2.90 bits per heavy atom. The zero-order valence-corrected chi connectivity index (χ0v) is 11.7. The van der Waals surface area contributed by atoms with Crippen LogP contribution in [0.15, 0.2) is 24.3 Å². The van der Waals surface area contributed by atoms with Crippen molar-refractivity contribution in [1.82, 2.24) is 5.32 Å². The van der Waals surface area contributed by atoms with Crippen molar-refractivity contribution in [1.29, 1.82) is 0 Å². The first-order valence-electron chi connectivity index (χ1n) is 7.03. The number of nitrogens with one attached hydrogen (secondary N) is 2. The fraction of sp³-hybridized carbons (Fsp3) is 0.467. The zero-order valence-electron chi connectivity index (χ0n) is 11.7. The number of anilines is 2. The molecule has 1 fully saturated rings. The van der Waals surface area contributed by atoms with Gasteiger partial charge in [-0.2, -0.15) is 0 Å². The molecule has 20 heavy (non-hydrogen) atoms. The first-order valence-corrected chi connectivity index (χ1v) is 7.03. The van der Waals surface area contributed by atoms with Crippen LogP contribution in [0.25, 0.3) is 0 Å². The van der Waals surface area contributed by atoms with Crippen molar-refractivity contribution < 1.29 is 9.59 Å². The molecule has 1 aromatic carbocycles. The Morgan fingerprint density at radius 1 is 1.40 bits per heavy atom. The molecule has 2 aliphatic heterocycles. The second kappa shape index (κ2) is 4.81. The number of hydrogen-bond donors (Lipinski definition) is 2. The highest BCUT2D eigenvalue weighted by Crippen LogP contribution is 2.36. The van der Waals surface area contributed by atoms with E-state index in [-0.39, 0.29) is 29.8 Å². The normalized spacial score (nSPS) is 24.1. The van der Waals surface area contributed by atoms with Gasteiger partial charge in [-0.3, -0.25) is 9.59 Å². The number of amides is 2. The van der Waals surface area contributed by atoms with Crippen molar-refractivity contribution in [3.8, 4) is 0 Å².